The van der Waals surface area contributed by atoms with Gasteiger partial charge in [-0.05, 0) is 48.4 Å². The summed E-state index contributed by atoms with van der Waals surface area (Å²) in [6, 6.07) is 11.0. The molecule has 1 atom stereocenters. The molecular weight excluding hydrogens is 438 g/mol. The summed E-state index contributed by atoms with van der Waals surface area (Å²) in [5, 5.41) is 11.2. The highest BCUT2D eigenvalue weighted by Crippen LogP contribution is 2.43. The number of ether oxygens (including phenoxy) is 4. The zero-order valence-corrected chi connectivity index (χ0v) is 20.2. The van der Waals surface area contributed by atoms with E-state index >= 15 is 0 Å². The lowest BCUT2D eigenvalue weighted by molar-refractivity contribution is -0.140. The summed E-state index contributed by atoms with van der Waals surface area (Å²) >= 11 is 0. The minimum absolute atomic E-state index is 0.0245. The number of nitrogens with zero attached hydrogens (tertiary/aromatic N) is 1. The molecule has 1 aliphatic rings. The zero-order chi connectivity index (χ0) is 24.8. The van der Waals surface area contributed by atoms with E-state index in [-0.39, 0.29) is 24.5 Å². The Bertz CT molecular complexity index is 1060. The molecule has 2 aromatic carbocycles. The Labute approximate surface area is 199 Å². The molecule has 1 amide bonds. The third-order valence-electron chi connectivity index (χ3n) is 5.52. The van der Waals surface area contributed by atoms with Crippen LogP contribution in [0.4, 0.5) is 0 Å². The fourth-order valence-electron chi connectivity index (χ4n) is 3.80. The van der Waals surface area contributed by atoms with Crippen LogP contribution in [0.25, 0.3) is 5.76 Å². The number of aliphatic hydroxyl groups excluding tert-OH is 1. The van der Waals surface area contributed by atoms with Crippen molar-refractivity contribution in [3.8, 4) is 17.2 Å². The van der Waals surface area contributed by atoms with Gasteiger partial charge in [0.15, 0.2) is 0 Å². The molecule has 0 bridgehead atoms. The number of aliphatic hydroxyl groups is 1. The molecule has 2 aromatic rings. The number of hydrogen-bond acceptors (Lipinski definition) is 7. The average molecular weight is 470 g/mol. The Kier molecular flexibility index (Phi) is 8.17. The molecule has 0 aromatic heterocycles. The van der Waals surface area contributed by atoms with E-state index < -0.39 is 17.7 Å². The molecule has 8 nitrogen and oxygen atoms in total. The van der Waals surface area contributed by atoms with Gasteiger partial charge in [0.2, 0.25) is 0 Å². The van der Waals surface area contributed by atoms with E-state index in [9.17, 15) is 14.7 Å². The number of rotatable bonds is 10. The first-order valence-corrected chi connectivity index (χ1v) is 11.0. The Balaban J connectivity index is 2.12. The van der Waals surface area contributed by atoms with Gasteiger partial charge < -0.3 is 29.0 Å². The van der Waals surface area contributed by atoms with Gasteiger partial charge in [-0.1, -0.05) is 13.8 Å². The molecule has 0 saturated carbocycles. The molecule has 3 rings (SSSR count). The average Bonchev–Trinajstić information content (AvgIpc) is 3.10. The van der Waals surface area contributed by atoms with Crippen molar-refractivity contribution in [3.63, 3.8) is 0 Å². The number of carbonyl (C=O) groups excluding carboxylic acids is 2. The molecule has 1 N–H and O–H groups in total. The number of hydrogen-bond donors (Lipinski definition) is 1. The lowest BCUT2D eigenvalue weighted by Gasteiger charge is -2.26. The fraction of sp³-hybridized carbons (Fsp3) is 0.385. The minimum Gasteiger partial charge on any atom is -0.507 e. The van der Waals surface area contributed by atoms with Gasteiger partial charge in [-0.15, -0.1) is 0 Å². The maximum atomic E-state index is 13.1. The van der Waals surface area contributed by atoms with Crippen LogP contribution in [0.2, 0.25) is 0 Å². The molecule has 1 fully saturated rings. The van der Waals surface area contributed by atoms with Gasteiger partial charge in [0.05, 0.1) is 39.0 Å². The third-order valence-corrected chi connectivity index (χ3v) is 5.52. The van der Waals surface area contributed by atoms with Crippen molar-refractivity contribution in [1.29, 1.82) is 0 Å². The summed E-state index contributed by atoms with van der Waals surface area (Å²) in [5.41, 5.74) is 0.896. The second kappa shape index (κ2) is 11.1. The van der Waals surface area contributed by atoms with Crippen LogP contribution in [0.15, 0.2) is 48.0 Å². The van der Waals surface area contributed by atoms with Gasteiger partial charge in [-0.3, -0.25) is 9.59 Å². The summed E-state index contributed by atoms with van der Waals surface area (Å²) < 4.78 is 21.7. The Morgan fingerprint density at radius 1 is 1.00 bits per heavy atom. The van der Waals surface area contributed by atoms with Crippen LogP contribution < -0.4 is 14.2 Å². The van der Waals surface area contributed by atoms with Crippen LogP contribution in [-0.2, 0) is 14.3 Å². The first-order valence-electron chi connectivity index (χ1n) is 11.0. The first kappa shape index (κ1) is 25.1. The van der Waals surface area contributed by atoms with Gasteiger partial charge >= 0.3 is 0 Å². The van der Waals surface area contributed by atoms with Crippen molar-refractivity contribution in [2.45, 2.75) is 19.9 Å². The molecular formula is C26H31NO7. The van der Waals surface area contributed by atoms with Crippen LogP contribution >= 0.6 is 0 Å². The van der Waals surface area contributed by atoms with Gasteiger partial charge in [-0.2, -0.15) is 0 Å². The van der Waals surface area contributed by atoms with Crippen LogP contribution in [-0.4, -0.2) is 62.8 Å². The topological polar surface area (TPSA) is 94.5 Å². The van der Waals surface area contributed by atoms with Crippen molar-refractivity contribution in [2.24, 2.45) is 5.92 Å². The van der Waals surface area contributed by atoms with E-state index in [1.807, 2.05) is 0 Å². The molecule has 0 spiro atoms. The quantitative estimate of drug-likeness (QED) is 0.321. The maximum Gasteiger partial charge on any atom is 0.295 e. The molecule has 0 unspecified atom stereocenters. The number of methoxy groups -OCH3 is 3. The van der Waals surface area contributed by atoms with Crippen LogP contribution in [0.3, 0.4) is 0 Å². The van der Waals surface area contributed by atoms with E-state index in [4.69, 9.17) is 18.9 Å². The number of benzene rings is 2. The molecule has 8 heteroatoms. The van der Waals surface area contributed by atoms with Gasteiger partial charge in [0, 0.05) is 24.8 Å². The molecule has 1 heterocycles. The van der Waals surface area contributed by atoms with Crippen LogP contribution in [0, 0.1) is 5.92 Å². The number of ketones is 1. The number of amides is 1. The largest absolute Gasteiger partial charge is 0.507 e. The smallest absolute Gasteiger partial charge is 0.295 e. The SMILES string of the molecule is COCCN1C(=O)C(=O)/C(=C(/O)c2ccc(OCC(C)C)cc2)[C@@H]1c1cc(OC)ccc1OC. The molecule has 0 aliphatic carbocycles. The van der Waals surface area contributed by atoms with E-state index in [0.717, 1.165) is 0 Å². The van der Waals surface area contributed by atoms with Crippen molar-refractivity contribution < 1.29 is 33.6 Å². The number of carbonyl (C=O) groups is 2. The molecule has 34 heavy (non-hydrogen) atoms. The van der Waals surface area contributed by atoms with E-state index in [2.05, 4.69) is 13.8 Å². The summed E-state index contributed by atoms with van der Waals surface area (Å²) in [7, 11) is 4.54. The normalized spacial score (nSPS) is 17.4. The fourth-order valence-corrected chi connectivity index (χ4v) is 3.80. The maximum absolute atomic E-state index is 13.1. The van der Waals surface area contributed by atoms with Gasteiger partial charge in [0.1, 0.15) is 23.0 Å². The highest BCUT2D eigenvalue weighted by Gasteiger charge is 2.47. The monoisotopic (exact) mass is 469 g/mol. The second-order valence-corrected chi connectivity index (χ2v) is 8.32. The van der Waals surface area contributed by atoms with E-state index in [1.54, 1.807) is 42.5 Å². The zero-order valence-electron chi connectivity index (χ0n) is 20.2. The summed E-state index contributed by atoms with van der Waals surface area (Å²) in [6.45, 7) is 5.04. The molecule has 1 saturated heterocycles. The van der Waals surface area contributed by atoms with Crippen molar-refractivity contribution in [1.82, 2.24) is 4.90 Å². The van der Waals surface area contributed by atoms with Gasteiger partial charge in [0.25, 0.3) is 11.7 Å². The third kappa shape index (κ3) is 5.17. The van der Waals surface area contributed by atoms with Crippen molar-refractivity contribution in [3.05, 3.63) is 59.2 Å². The van der Waals surface area contributed by atoms with Crippen molar-refractivity contribution in [2.75, 3.05) is 41.1 Å². The van der Waals surface area contributed by atoms with Gasteiger partial charge in [-0.25, -0.2) is 0 Å². The van der Waals surface area contributed by atoms with Crippen LogP contribution in [0.1, 0.15) is 31.0 Å². The summed E-state index contributed by atoms with van der Waals surface area (Å²) in [4.78, 5) is 27.5. The predicted molar refractivity (Wildman–Crippen MR) is 127 cm³/mol. The Morgan fingerprint density at radius 3 is 2.26 bits per heavy atom. The van der Waals surface area contributed by atoms with E-state index in [0.29, 0.717) is 40.9 Å². The minimum atomic E-state index is -0.878. The van der Waals surface area contributed by atoms with Crippen LogP contribution in [0.5, 0.6) is 17.2 Å². The highest BCUT2D eigenvalue weighted by molar-refractivity contribution is 6.46. The lowest BCUT2D eigenvalue weighted by Crippen LogP contribution is -2.32. The highest BCUT2D eigenvalue weighted by atomic mass is 16.5. The number of likely N-dealkylation sites (tertiary alicyclic amines) is 1. The second-order valence-electron chi connectivity index (χ2n) is 8.32. The molecule has 0 radical (unpaired) electrons. The molecule has 182 valence electrons. The molecule has 1 aliphatic heterocycles. The summed E-state index contributed by atoms with van der Waals surface area (Å²) in [5.74, 6) is 0.238. The standard InChI is InChI=1S/C26H31NO7/c1-16(2)15-34-18-8-6-17(7-9-18)24(28)22-23(27(12-13-31-3)26(30)25(22)29)20-14-19(32-4)10-11-21(20)33-5/h6-11,14,16,23,28H,12-13,15H2,1-5H3/b24-22+/t23-/m0/s1. The lowest BCUT2D eigenvalue weighted by atomic mass is 9.94. The number of Topliss-reactive ketones (excluding diaryl/α,β-unsaturated/α-hetero) is 1. The first-order chi connectivity index (χ1) is 16.3. The van der Waals surface area contributed by atoms with E-state index in [1.165, 1.54) is 26.2 Å². The Morgan fingerprint density at radius 2 is 1.68 bits per heavy atom. The van der Waals surface area contributed by atoms with Crippen molar-refractivity contribution >= 4 is 17.4 Å². The summed E-state index contributed by atoms with van der Waals surface area (Å²) in [6.07, 6.45) is 0. The predicted octanol–water partition coefficient (Wildman–Crippen LogP) is 3.81. The Hall–Kier alpha value is -3.52.